The summed E-state index contributed by atoms with van der Waals surface area (Å²) in [6, 6.07) is 15.9. The van der Waals surface area contributed by atoms with Crippen molar-refractivity contribution in [2.24, 2.45) is 5.84 Å². The van der Waals surface area contributed by atoms with E-state index in [0.29, 0.717) is 24.0 Å². The summed E-state index contributed by atoms with van der Waals surface area (Å²) in [5.74, 6) is 7.23. The summed E-state index contributed by atoms with van der Waals surface area (Å²) in [7, 11) is 0. The first kappa shape index (κ1) is 24.6. The number of nitrogens with one attached hydrogen (secondary N) is 3. The zero-order valence-corrected chi connectivity index (χ0v) is 20.1. The number of allylic oxidation sites excluding steroid dienone is 3. The second-order valence-electron chi connectivity index (χ2n) is 8.12. The maximum Gasteiger partial charge on any atom is 0.229 e. The zero-order chi connectivity index (χ0) is 24.5. The van der Waals surface area contributed by atoms with Gasteiger partial charge in [-0.15, -0.1) is 0 Å². The molecule has 0 amide bonds. The van der Waals surface area contributed by atoms with Crippen LogP contribution in [0.1, 0.15) is 38.3 Å². The highest BCUT2D eigenvalue weighted by molar-refractivity contribution is 5.71. The lowest BCUT2D eigenvalue weighted by atomic mass is 10.2. The van der Waals surface area contributed by atoms with Gasteiger partial charge < -0.3 is 21.7 Å². The quantitative estimate of drug-likeness (QED) is 0.205. The Morgan fingerprint density at radius 3 is 2.50 bits per heavy atom. The first-order chi connectivity index (χ1) is 16.4. The summed E-state index contributed by atoms with van der Waals surface area (Å²) in [6.07, 6.45) is 4.73. The molecule has 0 fully saturated rings. The molecule has 0 atom stereocenters. The van der Waals surface area contributed by atoms with Crippen LogP contribution in [0.25, 0.3) is 0 Å². The molecule has 1 aromatic heterocycles. The Morgan fingerprint density at radius 2 is 1.76 bits per heavy atom. The van der Waals surface area contributed by atoms with Crippen LogP contribution in [-0.4, -0.2) is 9.97 Å². The molecule has 3 rings (SSSR count). The Morgan fingerprint density at radius 1 is 1.06 bits per heavy atom. The molecule has 2 aromatic carbocycles. The van der Waals surface area contributed by atoms with Gasteiger partial charge in [-0.05, 0) is 55.7 Å². The molecule has 7 N–H and O–H groups in total. The van der Waals surface area contributed by atoms with Crippen molar-refractivity contribution < 1.29 is 0 Å². The third-order valence-electron chi connectivity index (χ3n) is 5.07. The maximum absolute atomic E-state index is 6.40. The van der Waals surface area contributed by atoms with Crippen LogP contribution in [0, 0.1) is 0 Å². The summed E-state index contributed by atoms with van der Waals surface area (Å²) in [6.45, 7) is 11.4. The number of nitrogens with two attached hydrogens (primary N) is 2. The van der Waals surface area contributed by atoms with Gasteiger partial charge in [-0.2, -0.15) is 4.98 Å². The predicted molar refractivity (Wildman–Crippen MR) is 141 cm³/mol. The Balaban J connectivity index is 1.75. The van der Waals surface area contributed by atoms with Crippen molar-refractivity contribution in [1.29, 1.82) is 0 Å². The average molecular weight is 459 g/mol. The SMILES string of the molecule is C=C(C)NCc1cccc(N(N)c2nc(Nc3cccc(CN/C(C)=C\CC)c3)ncc2N)c1. The molecular formula is C26H34N8. The van der Waals surface area contributed by atoms with E-state index in [1.54, 1.807) is 6.20 Å². The summed E-state index contributed by atoms with van der Waals surface area (Å²) < 4.78 is 0. The number of hydrazine groups is 1. The molecule has 3 aromatic rings. The van der Waals surface area contributed by atoms with E-state index < -0.39 is 0 Å². The second-order valence-corrected chi connectivity index (χ2v) is 8.12. The van der Waals surface area contributed by atoms with Crippen molar-refractivity contribution in [2.75, 3.05) is 16.1 Å². The molecule has 8 heteroatoms. The molecule has 0 radical (unpaired) electrons. The van der Waals surface area contributed by atoms with Gasteiger partial charge in [-0.1, -0.05) is 43.8 Å². The van der Waals surface area contributed by atoms with Gasteiger partial charge in [0.25, 0.3) is 0 Å². The van der Waals surface area contributed by atoms with E-state index in [1.807, 2.05) is 43.3 Å². The minimum Gasteiger partial charge on any atom is -0.394 e. The third-order valence-corrected chi connectivity index (χ3v) is 5.07. The van der Waals surface area contributed by atoms with Crippen LogP contribution in [0.15, 0.2) is 78.8 Å². The van der Waals surface area contributed by atoms with Gasteiger partial charge in [-0.25, -0.2) is 10.8 Å². The molecule has 0 spiro atoms. The molecule has 0 bridgehead atoms. The van der Waals surface area contributed by atoms with E-state index in [0.717, 1.165) is 46.9 Å². The van der Waals surface area contributed by atoms with Gasteiger partial charge in [0.15, 0.2) is 5.82 Å². The topological polar surface area (TPSA) is 117 Å². The molecule has 0 aliphatic heterocycles. The number of nitrogens with zero attached hydrogens (tertiary/aromatic N) is 3. The Bertz CT molecular complexity index is 1160. The van der Waals surface area contributed by atoms with Gasteiger partial charge in [0.2, 0.25) is 5.95 Å². The van der Waals surface area contributed by atoms with Gasteiger partial charge >= 0.3 is 0 Å². The zero-order valence-electron chi connectivity index (χ0n) is 20.1. The molecule has 0 saturated carbocycles. The van der Waals surface area contributed by atoms with E-state index in [1.165, 1.54) is 5.01 Å². The number of nitrogen functional groups attached to an aromatic ring is 1. The first-order valence-electron chi connectivity index (χ1n) is 11.3. The smallest absolute Gasteiger partial charge is 0.229 e. The number of aromatic nitrogens is 2. The van der Waals surface area contributed by atoms with Gasteiger partial charge in [0.1, 0.15) is 0 Å². The van der Waals surface area contributed by atoms with E-state index >= 15 is 0 Å². The summed E-state index contributed by atoms with van der Waals surface area (Å²) in [5.41, 5.74) is 12.5. The van der Waals surface area contributed by atoms with Crippen LogP contribution in [0.3, 0.4) is 0 Å². The molecule has 0 aliphatic carbocycles. The molecule has 34 heavy (non-hydrogen) atoms. The molecule has 0 unspecified atom stereocenters. The second kappa shape index (κ2) is 11.7. The largest absolute Gasteiger partial charge is 0.394 e. The first-order valence-corrected chi connectivity index (χ1v) is 11.3. The highest BCUT2D eigenvalue weighted by Gasteiger charge is 2.13. The van der Waals surface area contributed by atoms with Crippen molar-refractivity contribution in [3.8, 4) is 0 Å². The number of benzene rings is 2. The summed E-state index contributed by atoms with van der Waals surface area (Å²) in [4.78, 5) is 8.91. The van der Waals surface area contributed by atoms with E-state index in [-0.39, 0.29) is 0 Å². The van der Waals surface area contributed by atoms with Crippen molar-refractivity contribution in [3.05, 3.63) is 89.9 Å². The standard InChI is InChI=1S/C26H34N8/c1-5-8-19(4)30-16-20-9-6-11-22(13-20)32-26-31-17-24(27)25(33-26)34(28)23-12-7-10-21(14-23)15-29-18(2)3/h6-14,17,29-30H,2,5,15-16,27-28H2,1,3-4H3,(H,31,32,33)/b19-8-. The van der Waals surface area contributed by atoms with Crippen LogP contribution >= 0.6 is 0 Å². The fourth-order valence-electron chi connectivity index (χ4n) is 3.33. The monoisotopic (exact) mass is 458 g/mol. The van der Waals surface area contributed by atoms with Gasteiger partial charge in [-0.3, -0.25) is 5.01 Å². The maximum atomic E-state index is 6.40. The van der Waals surface area contributed by atoms with Crippen molar-refractivity contribution in [2.45, 2.75) is 40.3 Å². The number of rotatable bonds is 11. The fraction of sp³-hybridized carbons (Fsp3) is 0.231. The molecule has 8 nitrogen and oxygen atoms in total. The lowest BCUT2D eigenvalue weighted by molar-refractivity contribution is 0.805. The van der Waals surface area contributed by atoms with Crippen LogP contribution in [-0.2, 0) is 13.1 Å². The minimum absolute atomic E-state index is 0.384. The number of hydrogen-bond donors (Lipinski definition) is 5. The molecule has 0 saturated heterocycles. The predicted octanol–water partition coefficient (Wildman–Crippen LogP) is 4.84. The summed E-state index contributed by atoms with van der Waals surface area (Å²) in [5, 5.41) is 11.4. The van der Waals surface area contributed by atoms with Gasteiger partial charge in [0.05, 0.1) is 17.6 Å². The molecule has 1 heterocycles. The van der Waals surface area contributed by atoms with Crippen molar-refractivity contribution in [1.82, 2.24) is 20.6 Å². The Hall–Kier alpha value is -4.04. The minimum atomic E-state index is 0.384. The third kappa shape index (κ3) is 6.98. The Labute approximate surface area is 201 Å². The normalized spacial score (nSPS) is 11.1. The van der Waals surface area contributed by atoms with Crippen LogP contribution < -0.4 is 32.5 Å². The molecule has 178 valence electrons. The molecular weight excluding hydrogens is 424 g/mol. The van der Waals surface area contributed by atoms with Crippen LogP contribution in [0.4, 0.5) is 28.8 Å². The summed E-state index contributed by atoms with van der Waals surface area (Å²) >= 11 is 0. The van der Waals surface area contributed by atoms with E-state index in [9.17, 15) is 0 Å². The lowest BCUT2D eigenvalue weighted by Crippen LogP contribution is -2.27. The van der Waals surface area contributed by atoms with Crippen LogP contribution in [0.2, 0.25) is 0 Å². The Kier molecular flexibility index (Phi) is 8.48. The van der Waals surface area contributed by atoms with E-state index in [2.05, 4.69) is 64.6 Å². The lowest BCUT2D eigenvalue weighted by Gasteiger charge is -2.20. The number of hydrogen-bond acceptors (Lipinski definition) is 8. The highest BCUT2D eigenvalue weighted by Crippen LogP contribution is 2.27. The van der Waals surface area contributed by atoms with E-state index in [4.69, 9.17) is 11.6 Å². The average Bonchev–Trinajstić information content (AvgIpc) is 2.83. The van der Waals surface area contributed by atoms with Crippen molar-refractivity contribution in [3.63, 3.8) is 0 Å². The van der Waals surface area contributed by atoms with Gasteiger partial charge in [0, 0.05) is 30.2 Å². The highest BCUT2D eigenvalue weighted by atomic mass is 15.4. The molecule has 0 aliphatic rings. The number of anilines is 5. The van der Waals surface area contributed by atoms with Crippen molar-refractivity contribution >= 4 is 28.8 Å². The fourth-order valence-corrected chi connectivity index (χ4v) is 3.33. The van der Waals surface area contributed by atoms with Crippen LogP contribution in [0.5, 0.6) is 0 Å².